The first kappa shape index (κ1) is 23.7. The number of carbonyl (C=O) groups is 1. The first-order valence-electron chi connectivity index (χ1n) is 10.4. The van der Waals surface area contributed by atoms with Crippen molar-refractivity contribution in [2.75, 3.05) is 19.5 Å². The quantitative estimate of drug-likeness (QED) is 0.496. The fourth-order valence-electron chi connectivity index (χ4n) is 3.80. The number of aromatic nitrogens is 2. The highest BCUT2D eigenvalue weighted by molar-refractivity contribution is 6.36. The van der Waals surface area contributed by atoms with Gasteiger partial charge in [0, 0.05) is 13.0 Å². The third-order valence-corrected chi connectivity index (χ3v) is 6.00. The molecule has 2 aromatic carbocycles. The smallest absolute Gasteiger partial charge is 0.410 e. The standard InChI is InChI=1S/C23H22ClF3N4O3/c1-33-15-7-3-13(4-8-15)12-28-22(32)20-19(24)21-29-17(14-5-9-16(34-2)10-6-14)11-18(23(25,26)27)31(21)30-20/h3-10,17-18,29H,11-12H2,1-2H3,(H,28,32)/t17-,18+/m0/s1. The number of ether oxygens (including phenoxy) is 2. The number of benzene rings is 2. The number of methoxy groups -OCH3 is 2. The first-order chi connectivity index (χ1) is 16.2. The molecular formula is C23H22ClF3N4O3. The molecule has 11 heteroatoms. The molecule has 7 nitrogen and oxygen atoms in total. The van der Waals surface area contributed by atoms with Crippen molar-refractivity contribution in [2.45, 2.75) is 31.2 Å². The Morgan fingerprint density at radius 1 is 1.12 bits per heavy atom. The third-order valence-electron chi connectivity index (χ3n) is 5.64. The summed E-state index contributed by atoms with van der Waals surface area (Å²) >= 11 is 6.36. The number of alkyl halides is 3. The molecule has 0 spiro atoms. The van der Waals surface area contributed by atoms with Gasteiger partial charge in [0.15, 0.2) is 11.7 Å². The number of anilines is 1. The predicted molar refractivity (Wildman–Crippen MR) is 120 cm³/mol. The molecule has 34 heavy (non-hydrogen) atoms. The Labute approximate surface area is 198 Å². The van der Waals surface area contributed by atoms with Crippen molar-refractivity contribution >= 4 is 23.3 Å². The molecule has 0 fully saturated rings. The van der Waals surface area contributed by atoms with E-state index in [2.05, 4.69) is 15.7 Å². The highest BCUT2D eigenvalue weighted by Crippen LogP contribution is 2.46. The molecule has 1 aliphatic heterocycles. The third kappa shape index (κ3) is 4.77. The van der Waals surface area contributed by atoms with Gasteiger partial charge in [-0.05, 0) is 35.4 Å². The summed E-state index contributed by atoms with van der Waals surface area (Å²) in [6, 6.07) is 11.1. The molecule has 0 radical (unpaired) electrons. The molecule has 0 saturated heterocycles. The second kappa shape index (κ2) is 9.46. The lowest BCUT2D eigenvalue weighted by molar-refractivity contribution is -0.173. The first-order valence-corrected chi connectivity index (χ1v) is 10.8. The zero-order chi connectivity index (χ0) is 24.5. The summed E-state index contributed by atoms with van der Waals surface area (Å²) < 4.78 is 52.8. The highest BCUT2D eigenvalue weighted by Gasteiger charge is 2.47. The van der Waals surface area contributed by atoms with E-state index in [4.69, 9.17) is 21.1 Å². The molecule has 0 aliphatic carbocycles. The maximum absolute atomic E-state index is 13.9. The van der Waals surface area contributed by atoms with Crippen LogP contribution in [0.25, 0.3) is 0 Å². The van der Waals surface area contributed by atoms with E-state index in [1.165, 1.54) is 7.11 Å². The average Bonchev–Trinajstić information content (AvgIpc) is 3.18. The van der Waals surface area contributed by atoms with E-state index in [0.29, 0.717) is 17.1 Å². The van der Waals surface area contributed by atoms with Gasteiger partial charge in [-0.15, -0.1) is 0 Å². The van der Waals surface area contributed by atoms with Crippen LogP contribution >= 0.6 is 11.6 Å². The minimum absolute atomic E-state index is 0.0503. The number of carbonyl (C=O) groups excluding carboxylic acids is 1. The predicted octanol–water partition coefficient (Wildman–Crippen LogP) is 5.14. The fraction of sp³-hybridized carbons (Fsp3) is 0.304. The normalized spacial score (nSPS) is 17.5. The van der Waals surface area contributed by atoms with Gasteiger partial charge in [0.25, 0.3) is 5.91 Å². The molecule has 3 aromatic rings. The topological polar surface area (TPSA) is 77.4 Å². The molecule has 0 saturated carbocycles. The molecule has 4 rings (SSSR count). The number of rotatable bonds is 6. The molecule has 2 atom stereocenters. The van der Waals surface area contributed by atoms with Crippen LogP contribution < -0.4 is 20.1 Å². The number of nitrogens with one attached hydrogen (secondary N) is 2. The van der Waals surface area contributed by atoms with Crippen LogP contribution in [-0.2, 0) is 6.54 Å². The molecule has 1 amide bonds. The Morgan fingerprint density at radius 3 is 2.26 bits per heavy atom. The van der Waals surface area contributed by atoms with Crippen molar-refractivity contribution < 1.29 is 27.4 Å². The molecule has 2 N–H and O–H groups in total. The summed E-state index contributed by atoms with van der Waals surface area (Å²) in [5, 5.41) is 9.44. The Hall–Kier alpha value is -3.40. The van der Waals surface area contributed by atoms with Crippen LogP contribution in [0.3, 0.4) is 0 Å². The van der Waals surface area contributed by atoms with Crippen LogP contribution in [-0.4, -0.2) is 36.1 Å². The monoisotopic (exact) mass is 494 g/mol. The van der Waals surface area contributed by atoms with Crippen LogP contribution in [0.1, 0.15) is 40.1 Å². The summed E-state index contributed by atoms with van der Waals surface area (Å²) in [5.41, 5.74) is 1.13. The van der Waals surface area contributed by atoms with Crippen molar-refractivity contribution in [3.8, 4) is 11.5 Å². The van der Waals surface area contributed by atoms with Gasteiger partial charge in [-0.3, -0.25) is 4.79 Å². The van der Waals surface area contributed by atoms with Gasteiger partial charge in [0.1, 0.15) is 22.3 Å². The minimum Gasteiger partial charge on any atom is -0.497 e. The van der Waals surface area contributed by atoms with Crippen molar-refractivity contribution in [1.29, 1.82) is 0 Å². The Balaban J connectivity index is 1.59. The van der Waals surface area contributed by atoms with Crippen molar-refractivity contribution in [1.82, 2.24) is 15.1 Å². The van der Waals surface area contributed by atoms with E-state index in [1.54, 1.807) is 55.6 Å². The number of hydrogen-bond acceptors (Lipinski definition) is 5. The summed E-state index contributed by atoms with van der Waals surface area (Å²) in [5.74, 6) is 0.526. The fourth-order valence-corrected chi connectivity index (χ4v) is 4.06. The second-order valence-corrected chi connectivity index (χ2v) is 8.13. The van der Waals surface area contributed by atoms with Crippen LogP contribution in [0.4, 0.5) is 19.0 Å². The van der Waals surface area contributed by atoms with E-state index < -0.39 is 24.2 Å². The van der Waals surface area contributed by atoms with Crippen LogP contribution in [0.2, 0.25) is 5.02 Å². The van der Waals surface area contributed by atoms with Gasteiger partial charge < -0.3 is 20.1 Å². The van der Waals surface area contributed by atoms with E-state index in [1.807, 2.05) is 0 Å². The summed E-state index contributed by atoms with van der Waals surface area (Å²) in [4.78, 5) is 12.7. The van der Waals surface area contributed by atoms with E-state index in [-0.39, 0.29) is 29.5 Å². The van der Waals surface area contributed by atoms with Gasteiger partial charge in [0.05, 0.1) is 20.3 Å². The van der Waals surface area contributed by atoms with Crippen LogP contribution in [0, 0.1) is 0 Å². The number of amides is 1. The number of halogens is 4. The largest absolute Gasteiger partial charge is 0.497 e. The van der Waals surface area contributed by atoms with Crippen LogP contribution in [0.15, 0.2) is 48.5 Å². The van der Waals surface area contributed by atoms with Gasteiger partial charge in [-0.1, -0.05) is 35.9 Å². The van der Waals surface area contributed by atoms with Crippen molar-refractivity contribution in [3.05, 3.63) is 70.4 Å². The number of fused-ring (bicyclic) bond motifs is 1. The zero-order valence-electron chi connectivity index (χ0n) is 18.3. The molecule has 2 heterocycles. The van der Waals surface area contributed by atoms with Gasteiger partial charge in [0.2, 0.25) is 0 Å². The number of nitrogens with zero attached hydrogens (tertiary/aromatic N) is 2. The summed E-state index contributed by atoms with van der Waals surface area (Å²) in [7, 11) is 3.05. The summed E-state index contributed by atoms with van der Waals surface area (Å²) in [6.45, 7) is 0.145. The van der Waals surface area contributed by atoms with E-state index in [9.17, 15) is 18.0 Å². The lowest BCUT2D eigenvalue weighted by Crippen LogP contribution is -2.35. The molecule has 0 unspecified atom stereocenters. The van der Waals surface area contributed by atoms with E-state index >= 15 is 0 Å². The van der Waals surface area contributed by atoms with E-state index in [0.717, 1.165) is 10.2 Å². The second-order valence-electron chi connectivity index (χ2n) is 7.75. The van der Waals surface area contributed by atoms with Crippen molar-refractivity contribution in [2.24, 2.45) is 0 Å². The van der Waals surface area contributed by atoms with Gasteiger partial charge in [-0.2, -0.15) is 18.3 Å². The molecule has 1 aliphatic rings. The Bertz CT molecular complexity index is 1160. The average molecular weight is 495 g/mol. The highest BCUT2D eigenvalue weighted by atomic mass is 35.5. The van der Waals surface area contributed by atoms with Crippen LogP contribution in [0.5, 0.6) is 11.5 Å². The Morgan fingerprint density at radius 2 is 1.71 bits per heavy atom. The molecule has 180 valence electrons. The van der Waals surface area contributed by atoms with Gasteiger partial charge >= 0.3 is 6.18 Å². The lowest BCUT2D eigenvalue weighted by Gasteiger charge is -2.33. The SMILES string of the molecule is COc1ccc(CNC(=O)c2nn3c(c2Cl)N[C@H](c2ccc(OC)cc2)C[C@@H]3C(F)(F)F)cc1. The molecule has 0 bridgehead atoms. The number of hydrogen-bond donors (Lipinski definition) is 2. The van der Waals surface area contributed by atoms with Crippen molar-refractivity contribution in [3.63, 3.8) is 0 Å². The minimum atomic E-state index is -4.59. The molecular weight excluding hydrogens is 473 g/mol. The lowest BCUT2D eigenvalue weighted by atomic mass is 9.97. The summed E-state index contributed by atoms with van der Waals surface area (Å²) in [6.07, 6.45) is -4.90. The maximum Gasteiger partial charge on any atom is 0.410 e. The Kier molecular flexibility index (Phi) is 6.60. The van der Waals surface area contributed by atoms with Gasteiger partial charge in [-0.25, -0.2) is 4.68 Å². The molecule has 1 aromatic heterocycles. The maximum atomic E-state index is 13.9. The zero-order valence-corrected chi connectivity index (χ0v) is 19.1.